The summed E-state index contributed by atoms with van der Waals surface area (Å²) >= 11 is 0. The molecule has 4 rings (SSSR count). The summed E-state index contributed by atoms with van der Waals surface area (Å²) in [7, 11) is 0. The molecule has 8 heteroatoms. The van der Waals surface area contributed by atoms with Gasteiger partial charge in [0.1, 0.15) is 17.1 Å². The van der Waals surface area contributed by atoms with E-state index in [2.05, 4.69) is 6.92 Å². The molecule has 34 heavy (non-hydrogen) atoms. The number of carboxylic acid groups (broad SMARTS) is 1. The van der Waals surface area contributed by atoms with Gasteiger partial charge in [0.25, 0.3) is 0 Å². The van der Waals surface area contributed by atoms with Crippen LogP contribution >= 0.6 is 0 Å². The minimum absolute atomic E-state index is 0.133. The van der Waals surface area contributed by atoms with Gasteiger partial charge in [-0.25, -0.2) is 0 Å². The predicted octanol–water partition coefficient (Wildman–Crippen LogP) is 3.89. The Kier molecular flexibility index (Phi) is 6.49. The Labute approximate surface area is 201 Å². The fourth-order valence-corrected chi connectivity index (χ4v) is 8.70. The van der Waals surface area contributed by atoms with E-state index < -0.39 is 35.0 Å². The minimum atomic E-state index is -1.22. The van der Waals surface area contributed by atoms with Crippen LogP contribution in [0.15, 0.2) is 0 Å². The summed E-state index contributed by atoms with van der Waals surface area (Å²) in [5.41, 5.74) is -2.62. The number of carbonyl (C=O) groups is 4. The lowest BCUT2D eigenvalue weighted by Gasteiger charge is -2.63. The van der Waals surface area contributed by atoms with E-state index in [0.717, 1.165) is 25.7 Å². The number of fused-ring (bicyclic) bond motifs is 5. The highest BCUT2D eigenvalue weighted by molar-refractivity contribution is 5.79. The van der Waals surface area contributed by atoms with Gasteiger partial charge < -0.3 is 19.3 Å². The van der Waals surface area contributed by atoms with Crippen molar-refractivity contribution in [2.75, 3.05) is 6.61 Å². The monoisotopic (exact) mass is 478 g/mol. The number of hydrogen-bond acceptors (Lipinski definition) is 7. The van der Waals surface area contributed by atoms with Gasteiger partial charge in [0, 0.05) is 20.3 Å². The van der Waals surface area contributed by atoms with E-state index in [9.17, 15) is 24.3 Å². The standard InChI is InChI=1S/C26H38O8/c1-5-32-22(29)21-7-6-19-18-9-12-25(34-16(3)28)14-17(33-15(2)27)8-13-26(25,23(30)31)20(18)10-11-24(19,21)4/h17-21H,5-14H2,1-4H3,(H,30,31)/t17-,18+,19-,20-,21+,24+,25+,26-/m1/s1. The highest BCUT2D eigenvalue weighted by atomic mass is 16.6. The van der Waals surface area contributed by atoms with Crippen LogP contribution in [0.4, 0.5) is 0 Å². The zero-order valence-electron chi connectivity index (χ0n) is 20.8. The third-order valence-corrected chi connectivity index (χ3v) is 9.81. The van der Waals surface area contributed by atoms with Crippen LogP contribution in [-0.2, 0) is 33.4 Å². The van der Waals surface area contributed by atoms with E-state index in [1.54, 1.807) is 0 Å². The molecule has 0 aromatic heterocycles. The molecule has 8 nitrogen and oxygen atoms in total. The molecule has 8 atom stereocenters. The maximum Gasteiger partial charge on any atom is 0.314 e. The summed E-state index contributed by atoms with van der Waals surface area (Å²) in [5, 5.41) is 10.8. The Hall–Kier alpha value is -2.12. The summed E-state index contributed by atoms with van der Waals surface area (Å²) in [6.45, 7) is 7.03. The summed E-state index contributed by atoms with van der Waals surface area (Å²) in [6, 6.07) is 0. The molecule has 0 bridgehead atoms. The van der Waals surface area contributed by atoms with Crippen LogP contribution in [0.1, 0.15) is 85.5 Å². The second-order valence-corrected chi connectivity index (χ2v) is 11.2. The second kappa shape index (κ2) is 8.83. The van der Waals surface area contributed by atoms with Crippen LogP contribution < -0.4 is 0 Å². The van der Waals surface area contributed by atoms with Gasteiger partial charge in [-0.05, 0) is 81.5 Å². The first-order valence-electron chi connectivity index (χ1n) is 12.8. The van der Waals surface area contributed by atoms with Crippen molar-refractivity contribution in [1.29, 1.82) is 0 Å². The SMILES string of the molecule is CCOC(=O)[C@@H]1CC[C@@H]2[C@@H]3CC[C@]4(OC(C)=O)C[C@H](OC(C)=O)CC[C@]4(C(=O)O)[C@@H]3CC[C@@]21C. The summed E-state index contributed by atoms with van der Waals surface area (Å²) < 4.78 is 16.8. The van der Waals surface area contributed by atoms with E-state index in [4.69, 9.17) is 14.2 Å². The number of carbonyl (C=O) groups excluding carboxylic acids is 3. The lowest BCUT2D eigenvalue weighted by atomic mass is 9.42. The van der Waals surface area contributed by atoms with Gasteiger partial charge in [0.15, 0.2) is 0 Å². The van der Waals surface area contributed by atoms with Crippen molar-refractivity contribution in [3.05, 3.63) is 0 Å². The van der Waals surface area contributed by atoms with Crippen LogP contribution in [0.25, 0.3) is 0 Å². The predicted molar refractivity (Wildman–Crippen MR) is 120 cm³/mol. The molecule has 4 aliphatic carbocycles. The molecule has 190 valence electrons. The van der Waals surface area contributed by atoms with Crippen molar-refractivity contribution in [2.45, 2.75) is 97.2 Å². The van der Waals surface area contributed by atoms with Gasteiger partial charge in [-0.15, -0.1) is 0 Å². The first kappa shape index (κ1) is 25.0. The Balaban J connectivity index is 1.71. The number of carboxylic acids is 1. The van der Waals surface area contributed by atoms with Crippen LogP contribution in [0.3, 0.4) is 0 Å². The Bertz CT molecular complexity index is 869. The zero-order valence-corrected chi connectivity index (χ0v) is 20.8. The van der Waals surface area contributed by atoms with E-state index in [0.29, 0.717) is 32.3 Å². The maximum atomic E-state index is 13.1. The molecule has 0 amide bonds. The van der Waals surface area contributed by atoms with Crippen molar-refractivity contribution >= 4 is 23.9 Å². The molecule has 0 aliphatic heterocycles. The molecule has 4 aliphatic rings. The van der Waals surface area contributed by atoms with E-state index in [-0.39, 0.29) is 41.5 Å². The summed E-state index contributed by atoms with van der Waals surface area (Å²) in [5.74, 6) is -1.91. The van der Waals surface area contributed by atoms with Crippen molar-refractivity contribution in [2.24, 2.45) is 34.5 Å². The first-order valence-corrected chi connectivity index (χ1v) is 12.8. The molecular weight excluding hydrogens is 440 g/mol. The average Bonchev–Trinajstić information content (AvgIpc) is 3.09. The second-order valence-electron chi connectivity index (χ2n) is 11.2. The van der Waals surface area contributed by atoms with Crippen LogP contribution in [-0.4, -0.2) is 47.3 Å². The first-order chi connectivity index (χ1) is 16.0. The van der Waals surface area contributed by atoms with Gasteiger partial charge >= 0.3 is 23.9 Å². The van der Waals surface area contributed by atoms with E-state index in [1.165, 1.54) is 13.8 Å². The topological polar surface area (TPSA) is 116 Å². The summed E-state index contributed by atoms with van der Waals surface area (Å²) in [4.78, 5) is 49.8. The number of aliphatic carboxylic acids is 1. The Morgan fingerprint density at radius 3 is 2.26 bits per heavy atom. The molecule has 0 saturated heterocycles. The van der Waals surface area contributed by atoms with E-state index >= 15 is 0 Å². The van der Waals surface area contributed by atoms with Gasteiger partial charge in [0.05, 0.1) is 12.5 Å². The fraction of sp³-hybridized carbons (Fsp3) is 0.846. The molecule has 4 fully saturated rings. The van der Waals surface area contributed by atoms with Crippen LogP contribution in [0.2, 0.25) is 0 Å². The number of rotatable bonds is 5. The minimum Gasteiger partial charge on any atom is -0.481 e. The van der Waals surface area contributed by atoms with Crippen molar-refractivity contribution in [1.82, 2.24) is 0 Å². The van der Waals surface area contributed by atoms with Crippen LogP contribution in [0.5, 0.6) is 0 Å². The van der Waals surface area contributed by atoms with Crippen LogP contribution in [0, 0.1) is 34.5 Å². The molecular formula is C26H38O8. The number of ether oxygens (including phenoxy) is 3. The Morgan fingerprint density at radius 2 is 1.65 bits per heavy atom. The van der Waals surface area contributed by atoms with Gasteiger partial charge in [-0.2, -0.15) is 0 Å². The lowest BCUT2D eigenvalue weighted by molar-refractivity contribution is -0.247. The summed E-state index contributed by atoms with van der Waals surface area (Å²) in [6.07, 6.45) is 4.72. The smallest absolute Gasteiger partial charge is 0.314 e. The molecule has 0 unspecified atom stereocenters. The molecule has 0 spiro atoms. The molecule has 0 aromatic carbocycles. The number of hydrogen-bond donors (Lipinski definition) is 1. The molecule has 0 aromatic rings. The van der Waals surface area contributed by atoms with Crippen molar-refractivity contribution in [3.63, 3.8) is 0 Å². The third kappa shape index (κ3) is 3.63. The van der Waals surface area contributed by atoms with Crippen molar-refractivity contribution < 1.29 is 38.5 Å². The zero-order chi connectivity index (χ0) is 24.9. The van der Waals surface area contributed by atoms with E-state index in [1.807, 2.05) is 6.92 Å². The highest BCUT2D eigenvalue weighted by Gasteiger charge is 2.72. The maximum absolute atomic E-state index is 13.1. The average molecular weight is 479 g/mol. The van der Waals surface area contributed by atoms with Gasteiger partial charge in [-0.1, -0.05) is 6.92 Å². The molecule has 0 radical (unpaired) electrons. The highest BCUT2D eigenvalue weighted by Crippen LogP contribution is 2.69. The quantitative estimate of drug-likeness (QED) is 0.467. The van der Waals surface area contributed by atoms with Gasteiger partial charge in [-0.3, -0.25) is 19.2 Å². The third-order valence-electron chi connectivity index (χ3n) is 9.81. The molecule has 1 N–H and O–H groups in total. The molecule has 0 heterocycles. The number of esters is 3. The Morgan fingerprint density at radius 1 is 0.912 bits per heavy atom. The fourth-order valence-electron chi connectivity index (χ4n) is 8.70. The lowest BCUT2D eigenvalue weighted by Crippen LogP contribution is -2.68. The largest absolute Gasteiger partial charge is 0.481 e. The normalized spacial score (nSPS) is 43.0. The molecule has 4 saturated carbocycles. The van der Waals surface area contributed by atoms with Gasteiger partial charge in [0.2, 0.25) is 0 Å². The van der Waals surface area contributed by atoms with Crippen molar-refractivity contribution in [3.8, 4) is 0 Å².